The smallest absolute Gasteiger partial charge is 0.327 e. The number of carbonyl (C=O) groups excluding carboxylic acids is 1. The van der Waals surface area contributed by atoms with E-state index in [9.17, 15) is 20.0 Å². The third-order valence-electron chi connectivity index (χ3n) is 2.65. The molecule has 9 nitrogen and oxygen atoms in total. The number of nitriles is 1. The fourth-order valence-corrected chi connectivity index (χ4v) is 1.74. The molecule has 0 fully saturated rings. The van der Waals surface area contributed by atoms with E-state index in [4.69, 9.17) is 10.00 Å². The van der Waals surface area contributed by atoms with Crippen molar-refractivity contribution in [2.24, 2.45) is 0 Å². The van der Waals surface area contributed by atoms with Crippen molar-refractivity contribution < 1.29 is 24.1 Å². The van der Waals surface area contributed by atoms with Crippen LogP contribution < -0.4 is 4.74 Å². The molecule has 106 valence electrons. The van der Waals surface area contributed by atoms with Crippen molar-refractivity contribution in [2.45, 2.75) is 0 Å². The Morgan fingerprint density at radius 1 is 1.62 bits per heavy atom. The highest BCUT2D eigenvalue weighted by molar-refractivity contribution is 6.12. The van der Waals surface area contributed by atoms with Crippen LogP contribution in [0.1, 0.15) is 21.7 Å². The minimum Gasteiger partial charge on any atom is -0.499 e. The van der Waals surface area contributed by atoms with Gasteiger partial charge in [0.2, 0.25) is 17.3 Å². The Hall–Kier alpha value is -3.41. The normalized spacial score (nSPS) is 9.90. The standard InChI is InChI=1S/C12H7N3O6/c1-20-8-4-6(5-13)9(10(12(8)17)15(18)19)11(16)7-2-3-14-21-7/h2-4,17H,1H3. The molecule has 0 atom stereocenters. The van der Waals surface area contributed by atoms with Gasteiger partial charge >= 0.3 is 5.69 Å². The van der Waals surface area contributed by atoms with E-state index in [2.05, 4.69) is 9.68 Å². The van der Waals surface area contributed by atoms with Crippen molar-refractivity contribution in [2.75, 3.05) is 7.11 Å². The lowest BCUT2D eigenvalue weighted by molar-refractivity contribution is -0.386. The number of nitro benzene ring substituents is 1. The number of aromatic hydroxyl groups is 1. The molecule has 0 unspecified atom stereocenters. The number of methoxy groups -OCH3 is 1. The average molecular weight is 289 g/mol. The molecule has 2 rings (SSSR count). The number of ketones is 1. The quantitative estimate of drug-likeness (QED) is 0.506. The molecule has 0 aliphatic rings. The minimum absolute atomic E-state index is 0.285. The zero-order valence-corrected chi connectivity index (χ0v) is 10.6. The number of hydrogen-bond donors (Lipinski definition) is 1. The molecule has 1 aromatic carbocycles. The predicted octanol–water partition coefficient (Wildman–Crippen LogP) is 1.40. The number of nitrogens with zero attached hydrogens (tertiary/aromatic N) is 3. The zero-order chi connectivity index (χ0) is 15.6. The van der Waals surface area contributed by atoms with E-state index in [1.807, 2.05) is 0 Å². The molecule has 1 aromatic heterocycles. The Labute approximate surface area is 117 Å². The summed E-state index contributed by atoms with van der Waals surface area (Å²) in [7, 11) is 1.16. The van der Waals surface area contributed by atoms with Crippen molar-refractivity contribution in [1.29, 1.82) is 5.26 Å². The van der Waals surface area contributed by atoms with E-state index in [1.165, 1.54) is 12.3 Å². The lowest BCUT2D eigenvalue weighted by Gasteiger charge is -2.08. The number of rotatable bonds is 4. The van der Waals surface area contributed by atoms with E-state index >= 15 is 0 Å². The Morgan fingerprint density at radius 3 is 2.81 bits per heavy atom. The zero-order valence-electron chi connectivity index (χ0n) is 10.6. The summed E-state index contributed by atoms with van der Waals surface area (Å²) in [4.78, 5) is 22.4. The van der Waals surface area contributed by atoms with Gasteiger partial charge in [0.25, 0.3) is 0 Å². The fourth-order valence-electron chi connectivity index (χ4n) is 1.74. The number of carbonyl (C=O) groups is 1. The highest BCUT2D eigenvalue weighted by atomic mass is 16.6. The van der Waals surface area contributed by atoms with Crippen molar-refractivity contribution in [3.8, 4) is 17.6 Å². The second-order valence-electron chi connectivity index (χ2n) is 3.77. The summed E-state index contributed by atoms with van der Waals surface area (Å²) in [5, 5.41) is 33.4. The van der Waals surface area contributed by atoms with Crippen LogP contribution in [0.15, 0.2) is 22.9 Å². The number of ether oxygens (including phenoxy) is 1. The number of aromatic nitrogens is 1. The van der Waals surface area contributed by atoms with Crippen molar-refractivity contribution in [3.63, 3.8) is 0 Å². The van der Waals surface area contributed by atoms with Crippen LogP contribution in [0.4, 0.5) is 5.69 Å². The van der Waals surface area contributed by atoms with Gasteiger partial charge in [0, 0.05) is 12.1 Å². The molecule has 1 heterocycles. The molecular weight excluding hydrogens is 282 g/mol. The maximum absolute atomic E-state index is 12.2. The molecule has 0 spiro atoms. The molecule has 0 aliphatic carbocycles. The first-order valence-corrected chi connectivity index (χ1v) is 5.45. The van der Waals surface area contributed by atoms with Gasteiger partial charge in [-0.1, -0.05) is 5.16 Å². The maximum atomic E-state index is 12.2. The Balaban J connectivity index is 2.80. The van der Waals surface area contributed by atoms with Crippen LogP contribution in [0.2, 0.25) is 0 Å². The van der Waals surface area contributed by atoms with Crippen LogP contribution in [-0.4, -0.2) is 28.1 Å². The van der Waals surface area contributed by atoms with Crippen LogP contribution >= 0.6 is 0 Å². The molecule has 21 heavy (non-hydrogen) atoms. The third-order valence-corrected chi connectivity index (χ3v) is 2.65. The number of phenolic OH excluding ortho intramolecular Hbond substituents is 1. The first-order chi connectivity index (χ1) is 10.0. The third kappa shape index (κ3) is 2.25. The summed E-state index contributed by atoms with van der Waals surface area (Å²) < 4.78 is 9.39. The molecule has 1 N–H and O–H groups in total. The van der Waals surface area contributed by atoms with E-state index in [1.54, 1.807) is 6.07 Å². The van der Waals surface area contributed by atoms with Gasteiger partial charge in [0.05, 0.1) is 23.8 Å². The summed E-state index contributed by atoms with van der Waals surface area (Å²) in [5.41, 5.74) is -1.83. The fraction of sp³-hybridized carbons (Fsp3) is 0.0833. The first-order valence-electron chi connectivity index (χ1n) is 5.45. The molecule has 0 bridgehead atoms. The second kappa shape index (κ2) is 5.30. The highest BCUT2D eigenvalue weighted by Crippen LogP contribution is 2.41. The van der Waals surface area contributed by atoms with E-state index in [0.29, 0.717) is 0 Å². The Kier molecular flexibility index (Phi) is 3.53. The van der Waals surface area contributed by atoms with E-state index in [0.717, 1.165) is 13.2 Å². The molecule has 0 saturated heterocycles. The van der Waals surface area contributed by atoms with Gasteiger partial charge in [-0.25, -0.2) is 0 Å². The molecule has 0 amide bonds. The van der Waals surface area contributed by atoms with Crippen LogP contribution in [0.5, 0.6) is 11.5 Å². The van der Waals surface area contributed by atoms with Gasteiger partial charge in [-0.15, -0.1) is 0 Å². The van der Waals surface area contributed by atoms with Gasteiger partial charge in [0.15, 0.2) is 5.75 Å². The maximum Gasteiger partial charge on any atom is 0.327 e. The minimum atomic E-state index is -0.970. The van der Waals surface area contributed by atoms with Gasteiger partial charge in [-0.3, -0.25) is 14.9 Å². The highest BCUT2D eigenvalue weighted by Gasteiger charge is 2.33. The monoisotopic (exact) mass is 289 g/mol. The van der Waals surface area contributed by atoms with Crippen LogP contribution in [0.3, 0.4) is 0 Å². The Bertz CT molecular complexity index is 760. The summed E-state index contributed by atoms with van der Waals surface area (Å²) >= 11 is 0. The summed E-state index contributed by atoms with van der Waals surface area (Å²) in [6.07, 6.45) is 1.18. The summed E-state index contributed by atoms with van der Waals surface area (Å²) in [6, 6.07) is 3.88. The first kappa shape index (κ1) is 14.0. The molecular formula is C12H7N3O6. The van der Waals surface area contributed by atoms with Gasteiger partial charge in [-0.2, -0.15) is 5.26 Å². The summed E-state index contributed by atoms with van der Waals surface area (Å²) in [5.74, 6) is -2.36. The number of phenols is 1. The molecule has 0 saturated carbocycles. The van der Waals surface area contributed by atoms with Gasteiger partial charge < -0.3 is 14.4 Å². The van der Waals surface area contributed by atoms with Gasteiger partial charge in [-0.05, 0) is 0 Å². The van der Waals surface area contributed by atoms with Crippen LogP contribution in [0.25, 0.3) is 0 Å². The summed E-state index contributed by atoms with van der Waals surface area (Å²) in [6.45, 7) is 0. The van der Waals surface area contributed by atoms with E-state index in [-0.39, 0.29) is 17.1 Å². The average Bonchev–Trinajstić information content (AvgIpc) is 2.99. The van der Waals surface area contributed by atoms with Crippen LogP contribution in [-0.2, 0) is 0 Å². The van der Waals surface area contributed by atoms with Crippen LogP contribution in [0, 0.1) is 21.4 Å². The molecule has 9 heteroatoms. The molecule has 0 radical (unpaired) electrons. The predicted molar refractivity (Wildman–Crippen MR) is 66.0 cm³/mol. The number of benzene rings is 1. The van der Waals surface area contributed by atoms with Crippen molar-refractivity contribution >= 4 is 11.5 Å². The lowest BCUT2D eigenvalue weighted by atomic mass is 9.99. The SMILES string of the molecule is COc1cc(C#N)c(C(=O)c2ccno2)c([N+](=O)[O-])c1O. The second-order valence-corrected chi connectivity index (χ2v) is 3.77. The lowest BCUT2D eigenvalue weighted by Crippen LogP contribution is -2.08. The Morgan fingerprint density at radius 2 is 2.33 bits per heavy atom. The van der Waals surface area contributed by atoms with E-state index < -0.39 is 27.7 Å². The van der Waals surface area contributed by atoms with Crippen molar-refractivity contribution in [3.05, 3.63) is 45.3 Å². The largest absolute Gasteiger partial charge is 0.499 e. The molecule has 2 aromatic rings. The van der Waals surface area contributed by atoms with Gasteiger partial charge in [0.1, 0.15) is 11.6 Å². The topological polar surface area (TPSA) is 139 Å². The number of hydrogen-bond acceptors (Lipinski definition) is 8. The molecule has 0 aliphatic heterocycles. The van der Waals surface area contributed by atoms with Crippen molar-refractivity contribution in [1.82, 2.24) is 5.16 Å². The number of nitro groups is 1.